The van der Waals surface area contributed by atoms with Gasteiger partial charge in [0.15, 0.2) is 0 Å². The van der Waals surface area contributed by atoms with Crippen LogP contribution in [0.2, 0.25) is 0 Å². The van der Waals surface area contributed by atoms with Crippen LogP contribution in [0.1, 0.15) is 68.6 Å². The topological polar surface area (TPSA) is 82.1 Å². The van der Waals surface area contributed by atoms with Crippen molar-refractivity contribution in [2.24, 2.45) is 5.92 Å². The fraction of sp³-hybridized carbons (Fsp3) is 0.240. The van der Waals surface area contributed by atoms with Crippen LogP contribution >= 0.6 is 0 Å². The molecule has 6 aromatic rings. The molecular formula is C50H50O6. The summed E-state index contributed by atoms with van der Waals surface area (Å²) in [5.74, 6) is -1.78. The number of carbonyl (C=O) groups excluding carboxylic acids is 2. The van der Waals surface area contributed by atoms with E-state index in [0.29, 0.717) is 18.4 Å². The van der Waals surface area contributed by atoms with E-state index in [0.717, 1.165) is 59.1 Å². The summed E-state index contributed by atoms with van der Waals surface area (Å²) < 4.78 is 17.8. The van der Waals surface area contributed by atoms with Crippen LogP contribution < -0.4 is 0 Å². The highest BCUT2D eigenvalue weighted by atomic mass is 16.5. The lowest BCUT2D eigenvalue weighted by Gasteiger charge is -2.37. The van der Waals surface area contributed by atoms with Crippen molar-refractivity contribution < 1.29 is 28.9 Å². The second kappa shape index (κ2) is 20.2. The van der Waals surface area contributed by atoms with Gasteiger partial charge in [0.25, 0.3) is 0 Å². The molecule has 0 bridgehead atoms. The second-order valence-electron chi connectivity index (χ2n) is 14.1. The monoisotopic (exact) mass is 746 g/mol. The molecule has 0 aliphatic rings. The third kappa shape index (κ3) is 10.5. The van der Waals surface area contributed by atoms with E-state index in [-0.39, 0.29) is 19.2 Å². The van der Waals surface area contributed by atoms with Crippen molar-refractivity contribution >= 4 is 11.9 Å². The van der Waals surface area contributed by atoms with Gasteiger partial charge in [0.2, 0.25) is 0 Å². The Balaban J connectivity index is 1.17. The van der Waals surface area contributed by atoms with E-state index in [1.54, 1.807) is 6.07 Å². The smallest absolute Gasteiger partial charge is 0.337 e. The number of unbranched alkanes of at least 4 members (excludes halogenated alkanes) is 1. The predicted molar refractivity (Wildman–Crippen MR) is 220 cm³/mol. The number of aryl methyl sites for hydroxylation is 3. The largest absolute Gasteiger partial charge is 0.465 e. The molecule has 0 aliphatic carbocycles. The fourth-order valence-electron chi connectivity index (χ4n) is 7.24. The Morgan fingerprint density at radius 3 is 1.57 bits per heavy atom. The maximum atomic E-state index is 14.0. The summed E-state index contributed by atoms with van der Waals surface area (Å²) >= 11 is 0. The highest BCUT2D eigenvalue weighted by Gasteiger charge is 2.40. The first kappa shape index (κ1) is 39.9. The van der Waals surface area contributed by atoms with Gasteiger partial charge in [-0.3, -0.25) is 4.79 Å². The molecule has 0 spiro atoms. The minimum absolute atomic E-state index is 0.0734. The van der Waals surface area contributed by atoms with Crippen LogP contribution in [0.5, 0.6) is 0 Å². The van der Waals surface area contributed by atoms with Gasteiger partial charge in [0.1, 0.15) is 18.1 Å². The number of methoxy groups -OCH3 is 1. The van der Waals surface area contributed by atoms with Crippen molar-refractivity contribution in [3.05, 3.63) is 214 Å². The minimum Gasteiger partial charge on any atom is -0.465 e. The molecule has 6 heteroatoms. The second-order valence-corrected chi connectivity index (χ2v) is 14.1. The van der Waals surface area contributed by atoms with Gasteiger partial charge in [-0.1, -0.05) is 158 Å². The van der Waals surface area contributed by atoms with Gasteiger partial charge in [0.05, 0.1) is 25.4 Å². The van der Waals surface area contributed by atoms with Gasteiger partial charge >= 0.3 is 11.9 Å². The van der Waals surface area contributed by atoms with Crippen molar-refractivity contribution in [3.63, 3.8) is 0 Å². The molecule has 0 unspecified atom stereocenters. The van der Waals surface area contributed by atoms with E-state index in [2.05, 4.69) is 24.3 Å². The number of ether oxygens (including phenoxy) is 3. The summed E-state index contributed by atoms with van der Waals surface area (Å²) in [4.78, 5) is 25.9. The van der Waals surface area contributed by atoms with Crippen LogP contribution in [-0.4, -0.2) is 36.9 Å². The van der Waals surface area contributed by atoms with Crippen molar-refractivity contribution in [1.29, 1.82) is 0 Å². The Morgan fingerprint density at radius 1 is 0.571 bits per heavy atom. The number of hydrogen-bond donors (Lipinski definition) is 1. The third-order valence-corrected chi connectivity index (χ3v) is 10.3. The fourth-order valence-corrected chi connectivity index (χ4v) is 7.24. The van der Waals surface area contributed by atoms with Crippen LogP contribution in [0.3, 0.4) is 0 Å². The quantitative estimate of drug-likeness (QED) is 0.0505. The first-order valence-electron chi connectivity index (χ1n) is 19.4. The predicted octanol–water partition coefficient (Wildman–Crippen LogP) is 9.70. The molecule has 0 aromatic heterocycles. The van der Waals surface area contributed by atoms with E-state index in [4.69, 9.17) is 14.2 Å². The number of esters is 2. The van der Waals surface area contributed by atoms with Crippen LogP contribution in [0.4, 0.5) is 0 Å². The molecule has 0 amide bonds. The number of carbonyl (C=O) groups is 2. The summed E-state index contributed by atoms with van der Waals surface area (Å²) in [6, 6.07) is 55.7. The Kier molecular flexibility index (Phi) is 14.4. The average Bonchev–Trinajstić information content (AvgIpc) is 3.26. The summed E-state index contributed by atoms with van der Waals surface area (Å²) in [6.45, 7) is 0.0267. The van der Waals surface area contributed by atoms with Crippen molar-refractivity contribution in [2.45, 2.75) is 56.8 Å². The van der Waals surface area contributed by atoms with E-state index in [9.17, 15) is 14.7 Å². The Morgan fingerprint density at radius 2 is 1.04 bits per heavy atom. The number of benzene rings is 6. The number of aliphatic hydroxyl groups is 1. The lowest BCUT2D eigenvalue weighted by molar-refractivity contribution is -0.159. The van der Waals surface area contributed by atoms with Crippen molar-refractivity contribution in [1.82, 2.24) is 0 Å². The zero-order chi connectivity index (χ0) is 39.0. The molecule has 286 valence electrons. The molecule has 0 saturated carbocycles. The van der Waals surface area contributed by atoms with Gasteiger partial charge in [-0.15, -0.1) is 0 Å². The van der Waals surface area contributed by atoms with Crippen LogP contribution in [0.15, 0.2) is 170 Å². The lowest BCUT2D eigenvalue weighted by Crippen LogP contribution is -2.40. The third-order valence-electron chi connectivity index (χ3n) is 10.3. The van der Waals surface area contributed by atoms with Gasteiger partial charge in [-0.25, -0.2) is 4.79 Å². The van der Waals surface area contributed by atoms with Gasteiger partial charge < -0.3 is 19.3 Å². The van der Waals surface area contributed by atoms with Crippen molar-refractivity contribution in [2.75, 3.05) is 13.7 Å². The van der Waals surface area contributed by atoms with Crippen LogP contribution in [0, 0.1) is 5.92 Å². The van der Waals surface area contributed by atoms with E-state index in [1.165, 1.54) is 12.7 Å². The molecule has 6 aromatic carbocycles. The molecule has 56 heavy (non-hydrogen) atoms. The number of hydrogen-bond acceptors (Lipinski definition) is 6. The normalized spacial score (nSPS) is 12.4. The summed E-state index contributed by atoms with van der Waals surface area (Å²) in [6.07, 6.45) is 3.67. The minimum atomic E-state index is -1.06. The Hall–Kier alpha value is -5.82. The molecular weight excluding hydrogens is 697 g/mol. The highest BCUT2D eigenvalue weighted by Crippen LogP contribution is 2.41. The maximum absolute atomic E-state index is 14.0. The van der Waals surface area contributed by atoms with Crippen LogP contribution in [0.25, 0.3) is 0 Å². The van der Waals surface area contributed by atoms with Crippen molar-refractivity contribution in [3.8, 4) is 0 Å². The van der Waals surface area contributed by atoms with E-state index < -0.39 is 23.6 Å². The Labute approximate surface area is 330 Å². The molecule has 6 rings (SSSR count). The molecule has 1 N–H and O–H groups in total. The van der Waals surface area contributed by atoms with E-state index in [1.807, 2.05) is 140 Å². The molecule has 0 saturated heterocycles. The molecule has 6 nitrogen and oxygen atoms in total. The van der Waals surface area contributed by atoms with Gasteiger partial charge in [-0.05, 0) is 89.6 Å². The Bertz CT molecular complexity index is 2000. The average molecular weight is 747 g/mol. The molecule has 0 radical (unpaired) electrons. The number of aliphatic hydroxyl groups excluding tert-OH is 1. The van der Waals surface area contributed by atoms with Crippen LogP contribution in [-0.2, 0) is 50.5 Å². The first-order chi connectivity index (χ1) is 27.5. The lowest BCUT2D eigenvalue weighted by atomic mass is 9.80. The zero-order valence-electron chi connectivity index (χ0n) is 32.0. The molecule has 0 heterocycles. The summed E-state index contributed by atoms with van der Waals surface area (Å²) in [5.41, 5.74) is 6.55. The highest BCUT2D eigenvalue weighted by molar-refractivity contribution is 5.89. The first-order valence-corrected chi connectivity index (χ1v) is 19.4. The zero-order valence-corrected chi connectivity index (χ0v) is 32.0. The van der Waals surface area contributed by atoms with Gasteiger partial charge in [-0.2, -0.15) is 0 Å². The maximum Gasteiger partial charge on any atom is 0.337 e. The number of rotatable bonds is 19. The molecule has 2 atom stereocenters. The van der Waals surface area contributed by atoms with Gasteiger partial charge in [0, 0.05) is 0 Å². The standard InChI is InChI=1S/C50H50O6/c1-54-48(52)42-25-17-24-39(35-42)19-15-14-18-38-22-16-23-40(34-38)32-33-47(51)46(49(53)55-36-41-20-6-2-7-21-41)37-56-50(43-26-8-3-9-27-43,44-28-10-4-11-29-44)45-30-12-5-13-31-45/h2-13,16-17,20-31,34-35,46-47,51H,14-15,18-19,32-33,36-37H2,1H3/t46-,47-/m1/s1. The molecule has 0 fully saturated rings. The molecule has 0 aliphatic heterocycles. The SMILES string of the molecule is COC(=O)c1cccc(CCCCc2cccc(CC[C@@H](O)[C@@H](COC(c3ccccc3)(c3ccccc3)c3ccccc3)C(=O)OCc3ccccc3)c2)c1. The summed E-state index contributed by atoms with van der Waals surface area (Å²) in [7, 11) is 1.40. The summed E-state index contributed by atoms with van der Waals surface area (Å²) in [5, 5.41) is 11.9. The van der Waals surface area contributed by atoms with E-state index >= 15 is 0 Å².